The minimum absolute atomic E-state index is 0.124. The summed E-state index contributed by atoms with van der Waals surface area (Å²) in [5, 5.41) is 9.85. The topological polar surface area (TPSA) is 118 Å². The molecule has 1 aromatic heterocycles. The SMILES string of the molecule is CC1=CC(=O)C2=C(C[C@@H]3C(=CC[C@@H]4C(=O)N(c5ccc(-c6nc7ccccc7o6)cc5)C(=O)[C@@H]43)[C@@H]2c2ccc(O)c(F)c2)C1=O. The lowest BCUT2D eigenvalue weighted by Gasteiger charge is -2.42. The lowest BCUT2D eigenvalue weighted by molar-refractivity contribution is -0.123. The van der Waals surface area contributed by atoms with E-state index in [0.717, 1.165) is 11.6 Å². The first kappa shape index (κ1) is 27.1. The van der Waals surface area contributed by atoms with E-state index < -0.39 is 35.2 Å². The van der Waals surface area contributed by atoms with Crippen LogP contribution in [0.5, 0.6) is 5.75 Å². The van der Waals surface area contributed by atoms with Crippen LogP contribution in [0.4, 0.5) is 10.1 Å². The standard InChI is InChI=1S/C36H25FN2O6/c1-17-14-28(41)32-24(33(17)42)16-23-21(30(32)19-8-13-27(40)25(37)15-19)11-12-22-31(23)36(44)39(35(22)43)20-9-6-18(7-10-20)34-38-26-4-2-3-5-29(26)45-34/h2-11,13-15,22-23,30-31,40H,12,16H2,1H3/t22-,23+,30-,31-/m0/s1. The Balaban J connectivity index is 1.16. The number of fused-ring (bicyclic) bond motifs is 4. The summed E-state index contributed by atoms with van der Waals surface area (Å²) in [6, 6.07) is 18.2. The number of amides is 2. The quantitative estimate of drug-likeness (QED) is 0.175. The predicted octanol–water partition coefficient (Wildman–Crippen LogP) is 5.97. The molecule has 1 fully saturated rings. The number of ketones is 2. The minimum atomic E-state index is -0.855. The zero-order valence-corrected chi connectivity index (χ0v) is 24.0. The molecule has 1 saturated heterocycles. The van der Waals surface area contributed by atoms with Gasteiger partial charge in [0.15, 0.2) is 28.7 Å². The van der Waals surface area contributed by atoms with Crippen molar-refractivity contribution >= 4 is 40.2 Å². The largest absolute Gasteiger partial charge is 0.505 e. The number of anilines is 1. The minimum Gasteiger partial charge on any atom is -0.505 e. The molecule has 0 unspecified atom stereocenters. The van der Waals surface area contributed by atoms with Crippen molar-refractivity contribution in [2.24, 2.45) is 17.8 Å². The second-order valence-electron chi connectivity index (χ2n) is 12.0. The Morgan fingerprint density at radius 2 is 1.73 bits per heavy atom. The number of imide groups is 1. The smallest absolute Gasteiger partial charge is 0.238 e. The fourth-order valence-electron chi connectivity index (χ4n) is 7.47. The Morgan fingerprint density at radius 1 is 0.956 bits per heavy atom. The molecule has 0 spiro atoms. The number of Topliss-reactive ketones (excluding diaryl/α,β-unsaturated/α-hetero) is 1. The van der Waals surface area contributed by atoms with E-state index in [1.54, 1.807) is 31.2 Å². The van der Waals surface area contributed by atoms with Gasteiger partial charge >= 0.3 is 0 Å². The van der Waals surface area contributed by atoms with Crippen LogP contribution in [0.15, 0.2) is 106 Å². The van der Waals surface area contributed by atoms with Crippen molar-refractivity contribution in [2.75, 3.05) is 4.90 Å². The van der Waals surface area contributed by atoms with Gasteiger partial charge in [0, 0.05) is 28.2 Å². The molecule has 2 amide bonds. The van der Waals surface area contributed by atoms with E-state index in [4.69, 9.17) is 4.42 Å². The number of aromatic hydroxyl groups is 1. The van der Waals surface area contributed by atoms with Crippen LogP contribution in [0.3, 0.4) is 0 Å². The van der Waals surface area contributed by atoms with Gasteiger partial charge in [-0.3, -0.25) is 24.1 Å². The van der Waals surface area contributed by atoms with Crippen LogP contribution in [0.1, 0.15) is 31.2 Å². The number of rotatable bonds is 3. The van der Waals surface area contributed by atoms with Crippen LogP contribution in [-0.4, -0.2) is 33.5 Å². The molecule has 1 aliphatic heterocycles. The second-order valence-corrected chi connectivity index (χ2v) is 12.0. The summed E-state index contributed by atoms with van der Waals surface area (Å²) in [5.74, 6) is -5.05. The van der Waals surface area contributed by atoms with Gasteiger partial charge in [-0.1, -0.05) is 29.8 Å². The number of benzene rings is 3. The van der Waals surface area contributed by atoms with Crippen molar-refractivity contribution in [3.05, 3.63) is 113 Å². The molecule has 0 radical (unpaired) electrons. The highest BCUT2D eigenvalue weighted by Gasteiger charge is 2.56. The highest BCUT2D eigenvalue weighted by Crippen LogP contribution is 2.55. The summed E-state index contributed by atoms with van der Waals surface area (Å²) in [6.45, 7) is 1.57. The molecule has 4 aliphatic rings. The molecular formula is C36H25FN2O6. The molecule has 2 heterocycles. The van der Waals surface area contributed by atoms with Crippen LogP contribution in [-0.2, 0) is 19.2 Å². The molecular weight excluding hydrogens is 575 g/mol. The first-order valence-electron chi connectivity index (χ1n) is 14.7. The number of para-hydroxylation sites is 2. The van der Waals surface area contributed by atoms with E-state index in [9.17, 15) is 28.7 Å². The van der Waals surface area contributed by atoms with Crippen molar-refractivity contribution in [3.63, 3.8) is 0 Å². The summed E-state index contributed by atoms with van der Waals surface area (Å²) in [4.78, 5) is 60.5. The number of oxazole rings is 1. The molecule has 9 heteroatoms. The van der Waals surface area contributed by atoms with Crippen LogP contribution >= 0.6 is 0 Å². The predicted molar refractivity (Wildman–Crippen MR) is 161 cm³/mol. The lowest BCUT2D eigenvalue weighted by atomic mass is 9.59. The van der Waals surface area contributed by atoms with Crippen molar-refractivity contribution in [1.82, 2.24) is 4.98 Å². The Morgan fingerprint density at radius 3 is 2.49 bits per heavy atom. The van der Waals surface area contributed by atoms with E-state index in [1.165, 1.54) is 23.1 Å². The van der Waals surface area contributed by atoms with Gasteiger partial charge in [0.1, 0.15) is 5.52 Å². The molecule has 3 aromatic carbocycles. The number of carbonyl (C=O) groups is 4. The summed E-state index contributed by atoms with van der Waals surface area (Å²) in [5.41, 5.74) is 4.43. The molecule has 4 atom stereocenters. The monoisotopic (exact) mass is 600 g/mol. The third-order valence-electron chi connectivity index (χ3n) is 9.53. The lowest BCUT2D eigenvalue weighted by Crippen LogP contribution is -2.39. The average Bonchev–Trinajstić information content (AvgIpc) is 3.59. The molecule has 1 N–H and O–H groups in total. The van der Waals surface area contributed by atoms with Crippen molar-refractivity contribution in [3.8, 4) is 17.2 Å². The average molecular weight is 601 g/mol. The summed E-state index contributed by atoms with van der Waals surface area (Å²) >= 11 is 0. The normalized spacial score (nSPS) is 24.4. The maximum atomic E-state index is 14.6. The number of carbonyl (C=O) groups excluding carboxylic acids is 4. The Bertz CT molecular complexity index is 2070. The second kappa shape index (κ2) is 9.79. The Labute approximate surface area is 256 Å². The van der Waals surface area contributed by atoms with Gasteiger partial charge in [-0.05, 0) is 85.9 Å². The number of hydrogen-bond acceptors (Lipinski definition) is 7. The number of hydrogen-bond donors (Lipinski definition) is 1. The van der Waals surface area contributed by atoms with E-state index in [0.29, 0.717) is 45.0 Å². The first-order valence-corrected chi connectivity index (χ1v) is 14.7. The number of phenolic OH excluding ortho intramolecular Hbond substituents is 1. The van der Waals surface area contributed by atoms with E-state index in [1.807, 2.05) is 30.3 Å². The number of nitrogens with zero attached hydrogens (tertiary/aromatic N) is 2. The van der Waals surface area contributed by atoms with Gasteiger partial charge in [-0.2, -0.15) is 0 Å². The van der Waals surface area contributed by atoms with Crippen LogP contribution < -0.4 is 4.90 Å². The fraction of sp³-hybridized carbons (Fsp3) is 0.194. The van der Waals surface area contributed by atoms with Crippen LogP contribution in [0.25, 0.3) is 22.6 Å². The third-order valence-corrected chi connectivity index (χ3v) is 9.53. The summed E-state index contributed by atoms with van der Waals surface area (Å²) < 4.78 is 20.5. The molecule has 45 heavy (non-hydrogen) atoms. The van der Waals surface area contributed by atoms with Gasteiger partial charge in [-0.25, -0.2) is 9.37 Å². The van der Waals surface area contributed by atoms with E-state index >= 15 is 0 Å². The Hall–Kier alpha value is -5.44. The van der Waals surface area contributed by atoms with Gasteiger partial charge < -0.3 is 9.52 Å². The summed E-state index contributed by atoms with van der Waals surface area (Å²) in [7, 11) is 0. The maximum Gasteiger partial charge on any atom is 0.238 e. The van der Waals surface area contributed by atoms with Crippen molar-refractivity contribution < 1.29 is 33.1 Å². The van der Waals surface area contributed by atoms with Gasteiger partial charge in [0.25, 0.3) is 0 Å². The van der Waals surface area contributed by atoms with Crippen LogP contribution in [0.2, 0.25) is 0 Å². The number of halogens is 1. The van der Waals surface area contributed by atoms with E-state index in [-0.39, 0.29) is 41.8 Å². The van der Waals surface area contributed by atoms with E-state index in [2.05, 4.69) is 4.98 Å². The molecule has 222 valence electrons. The zero-order valence-electron chi connectivity index (χ0n) is 24.0. The molecule has 0 bridgehead atoms. The first-order chi connectivity index (χ1) is 21.7. The summed E-state index contributed by atoms with van der Waals surface area (Å²) in [6.07, 6.45) is 3.56. The molecule has 3 aliphatic carbocycles. The maximum absolute atomic E-state index is 14.6. The van der Waals surface area contributed by atoms with Crippen molar-refractivity contribution in [1.29, 1.82) is 0 Å². The Kier molecular flexibility index (Phi) is 5.90. The zero-order chi connectivity index (χ0) is 31.1. The van der Waals surface area contributed by atoms with Gasteiger partial charge in [-0.15, -0.1) is 0 Å². The molecule has 4 aromatic rings. The highest BCUT2D eigenvalue weighted by atomic mass is 19.1. The van der Waals surface area contributed by atoms with Gasteiger partial charge in [0.2, 0.25) is 17.7 Å². The highest BCUT2D eigenvalue weighted by molar-refractivity contribution is 6.25. The number of allylic oxidation sites excluding steroid dienone is 6. The van der Waals surface area contributed by atoms with Gasteiger partial charge in [0.05, 0.1) is 17.5 Å². The molecule has 8 nitrogen and oxygen atoms in total. The molecule has 0 saturated carbocycles. The third kappa shape index (κ3) is 4.00. The fourth-order valence-corrected chi connectivity index (χ4v) is 7.47. The van der Waals surface area contributed by atoms with Crippen LogP contribution in [0, 0.1) is 23.6 Å². The number of phenols is 1. The number of aromatic nitrogens is 1. The van der Waals surface area contributed by atoms with Crippen molar-refractivity contribution in [2.45, 2.75) is 25.7 Å². The molecule has 8 rings (SSSR count).